The van der Waals surface area contributed by atoms with Gasteiger partial charge in [-0.3, -0.25) is 0 Å². The lowest BCUT2D eigenvalue weighted by Crippen LogP contribution is -2.34. The molecule has 1 atom stereocenters. The van der Waals surface area contributed by atoms with Crippen molar-refractivity contribution >= 4 is 23.1 Å². The Bertz CT molecular complexity index is 951. The first kappa shape index (κ1) is 18.7. The Morgan fingerprint density at radius 3 is 2.79 bits per heavy atom. The number of thiazole rings is 1. The van der Waals surface area contributed by atoms with Crippen molar-refractivity contribution < 1.29 is 4.79 Å². The third-order valence-electron chi connectivity index (χ3n) is 5.19. The number of likely N-dealkylation sites (tertiary alicyclic amines) is 1. The van der Waals surface area contributed by atoms with Crippen LogP contribution in [0.4, 0.5) is 10.5 Å². The van der Waals surface area contributed by atoms with Gasteiger partial charge < -0.3 is 10.2 Å². The Morgan fingerprint density at radius 1 is 1.18 bits per heavy atom. The zero-order valence-electron chi connectivity index (χ0n) is 16.3. The van der Waals surface area contributed by atoms with Crippen LogP contribution in [-0.2, 0) is 0 Å². The molecule has 4 nitrogen and oxygen atoms in total. The van der Waals surface area contributed by atoms with E-state index in [4.69, 9.17) is 0 Å². The molecule has 0 saturated carbocycles. The van der Waals surface area contributed by atoms with Gasteiger partial charge in [-0.25, -0.2) is 9.78 Å². The summed E-state index contributed by atoms with van der Waals surface area (Å²) in [4.78, 5) is 20.7. The molecule has 1 saturated heterocycles. The fourth-order valence-electron chi connectivity index (χ4n) is 3.61. The molecule has 1 aromatic heterocycles. The molecule has 4 rings (SSSR count). The Morgan fingerprint density at radius 2 is 2.00 bits per heavy atom. The molecule has 0 bridgehead atoms. The van der Waals surface area contributed by atoms with Gasteiger partial charge in [0.05, 0.1) is 10.9 Å². The minimum atomic E-state index is -0.0418. The summed E-state index contributed by atoms with van der Waals surface area (Å²) in [7, 11) is 0. The number of rotatable bonds is 4. The fraction of sp³-hybridized carbons (Fsp3) is 0.304. The number of aromatic nitrogens is 1. The van der Waals surface area contributed by atoms with Gasteiger partial charge in [-0.1, -0.05) is 56.3 Å². The average molecular weight is 392 g/mol. The minimum Gasteiger partial charge on any atom is -0.315 e. The quantitative estimate of drug-likeness (QED) is 0.567. The summed E-state index contributed by atoms with van der Waals surface area (Å²) in [5, 5.41) is 4.10. The van der Waals surface area contributed by atoms with Gasteiger partial charge in [-0.15, -0.1) is 11.3 Å². The van der Waals surface area contributed by atoms with E-state index in [0.29, 0.717) is 5.92 Å². The fourth-order valence-corrected chi connectivity index (χ4v) is 4.69. The van der Waals surface area contributed by atoms with Crippen LogP contribution in [-0.4, -0.2) is 22.5 Å². The largest absolute Gasteiger partial charge is 0.322 e. The number of carbonyl (C=O) groups excluding carboxylic acids is 1. The molecular weight excluding hydrogens is 366 g/mol. The summed E-state index contributed by atoms with van der Waals surface area (Å²) < 4.78 is 0. The van der Waals surface area contributed by atoms with E-state index in [1.807, 2.05) is 41.4 Å². The van der Waals surface area contributed by atoms with Crippen LogP contribution in [0.2, 0.25) is 0 Å². The molecule has 1 aliphatic rings. The third kappa shape index (κ3) is 3.94. The van der Waals surface area contributed by atoms with E-state index in [2.05, 4.69) is 48.4 Å². The second-order valence-corrected chi connectivity index (χ2v) is 8.55. The molecule has 1 aliphatic heterocycles. The maximum atomic E-state index is 12.9. The molecule has 28 heavy (non-hydrogen) atoms. The lowest BCUT2D eigenvalue weighted by Gasteiger charge is -2.23. The molecule has 1 N–H and O–H groups in total. The summed E-state index contributed by atoms with van der Waals surface area (Å²) in [5.74, 6) is 0.433. The highest BCUT2D eigenvalue weighted by Crippen LogP contribution is 2.37. The first-order valence-corrected chi connectivity index (χ1v) is 10.6. The van der Waals surface area contributed by atoms with Crippen molar-refractivity contribution in [3.63, 3.8) is 0 Å². The smallest absolute Gasteiger partial charge is 0.315 e. The van der Waals surface area contributed by atoms with Gasteiger partial charge in [-0.05, 0) is 42.0 Å². The van der Waals surface area contributed by atoms with Crippen molar-refractivity contribution in [1.82, 2.24) is 9.88 Å². The second kappa shape index (κ2) is 8.15. The normalized spacial score (nSPS) is 16.5. The standard InChI is InChI=1S/C23H25N3OS/c1-16(2)18-10-6-11-19(14-18)25-23(27)26-13-7-12-20(26)22-24-15-21(28-22)17-8-4-3-5-9-17/h3-6,8-11,14-16,20H,7,12-13H2,1-2H3,(H,25,27). The van der Waals surface area contributed by atoms with Crippen molar-refractivity contribution in [3.05, 3.63) is 71.4 Å². The maximum Gasteiger partial charge on any atom is 0.322 e. The molecule has 2 aromatic carbocycles. The third-order valence-corrected chi connectivity index (χ3v) is 6.33. The van der Waals surface area contributed by atoms with E-state index < -0.39 is 0 Å². The number of benzene rings is 2. The van der Waals surface area contributed by atoms with Crippen molar-refractivity contribution in [2.75, 3.05) is 11.9 Å². The predicted octanol–water partition coefficient (Wildman–Crippen LogP) is 6.30. The SMILES string of the molecule is CC(C)c1cccc(NC(=O)N2CCCC2c2ncc(-c3ccccc3)s2)c1. The van der Waals surface area contributed by atoms with Crippen LogP contribution in [0.5, 0.6) is 0 Å². The molecular formula is C23H25N3OS. The lowest BCUT2D eigenvalue weighted by molar-refractivity contribution is 0.207. The van der Waals surface area contributed by atoms with E-state index in [0.717, 1.165) is 35.0 Å². The van der Waals surface area contributed by atoms with Gasteiger partial charge in [0, 0.05) is 18.4 Å². The Balaban J connectivity index is 1.50. The molecule has 5 heteroatoms. The van der Waals surface area contributed by atoms with Gasteiger partial charge >= 0.3 is 6.03 Å². The summed E-state index contributed by atoms with van der Waals surface area (Å²) in [6.07, 6.45) is 3.89. The molecule has 0 aliphatic carbocycles. The molecule has 144 valence electrons. The van der Waals surface area contributed by atoms with Gasteiger partial charge in [0.2, 0.25) is 0 Å². The van der Waals surface area contributed by atoms with Gasteiger partial charge in [0.25, 0.3) is 0 Å². The van der Waals surface area contributed by atoms with Crippen molar-refractivity contribution in [3.8, 4) is 10.4 Å². The molecule has 1 unspecified atom stereocenters. The first-order valence-electron chi connectivity index (χ1n) is 9.80. The van der Waals surface area contributed by atoms with Gasteiger partial charge in [-0.2, -0.15) is 0 Å². The molecule has 3 aromatic rings. The van der Waals surface area contributed by atoms with Crippen LogP contribution in [0.25, 0.3) is 10.4 Å². The van der Waals surface area contributed by atoms with Crippen molar-refractivity contribution in [2.24, 2.45) is 0 Å². The molecule has 0 spiro atoms. The Kier molecular flexibility index (Phi) is 5.44. The van der Waals surface area contributed by atoms with Crippen LogP contribution in [0.1, 0.15) is 49.2 Å². The molecule has 0 radical (unpaired) electrons. The van der Waals surface area contributed by atoms with Gasteiger partial charge in [0.15, 0.2) is 0 Å². The maximum absolute atomic E-state index is 12.9. The lowest BCUT2D eigenvalue weighted by atomic mass is 10.0. The summed E-state index contributed by atoms with van der Waals surface area (Å²) >= 11 is 1.68. The predicted molar refractivity (Wildman–Crippen MR) is 116 cm³/mol. The Hall–Kier alpha value is -2.66. The summed E-state index contributed by atoms with van der Waals surface area (Å²) in [5.41, 5.74) is 3.25. The first-order chi connectivity index (χ1) is 13.6. The number of hydrogen-bond donors (Lipinski definition) is 1. The monoisotopic (exact) mass is 391 g/mol. The number of amides is 2. The minimum absolute atomic E-state index is 0.0418. The zero-order chi connectivity index (χ0) is 19.5. The summed E-state index contributed by atoms with van der Waals surface area (Å²) in [6.45, 7) is 5.08. The van der Waals surface area contributed by atoms with E-state index in [-0.39, 0.29) is 12.1 Å². The number of anilines is 1. The van der Waals surface area contributed by atoms with E-state index in [1.165, 1.54) is 11.1 Å². The number of urea groups is 1. The van der Waals surface area contributed by atoms with E-state index in [9.17, 15) is 4.79 Å². The van der Waals surface area contributed by atoms with Crippen LogP contribution >= 0.6 is 11.3 Å². The number of carbonyl (C=O) groups is 1. The highest BCUT2D eigenvalue weighted by atomic mass is 32.1. The van der Waals surface area contributed by atoms with E-state index >= 15 is 0 Å². The average Bonchev–Trinajstić information content (AvgIpc) is 3.38. The topological polar surface area (TPSA) is 45.2 Å². The number of nitrogens with one attached hydrogen (secondary N) is 1. The molecule has 1 fully saturated rings. The van der Waals surface area contributed by atoms with Crippen LogP contribution in [0.15, 0.2) is 60.8 Å². The highest BCUT2D eigenvalue weighted by molar-refractivity contribution is 7.15. The van der Waals surface area contributed by atoms with Crippen molar-refractivity contribution in [1.29, 1.82) is 0 Å². The van der Waals surface area contributed by atoms with Crippen LogP contribution in [0, 0.1) is 0 Å². The van der Waals surface area contributed by atoms with Gasteiger partial charge in [0.1, 0.15) is 5.01 Å². The van der Waals surface area contributed by atoms with Crippen LogP contribution < -0.4 is 5.32 Å². The highest BCUT2D eigenvalue weighted by Gasteiger charge is 2.32. The second-order valence-electron chi connectivity index (χ2n) is 7.49. The van der Waals surface area contributed by atoms with Crippen LogP contribution in [0.3, 0.4) is 0 Å². The Labute approximate surface area is 170 Å². The molecule has 2 amide bonds. The zero-order valence-corrected chi connectivity index (χ0v) is 17.1. The molecule has 2 heterocycles. The summed E-state index contributed by atoms with van der Waals surface area (Å²) in [6, 6.07) is 18.4. The number of hydrogen-bond acceptors (Lipinski definition) is 3. The van der Waals surface area contributed by atoms with Crippen molar-refractivity contribution in [2.45, 2.75) is 38.6 Å². The van der Waals surface area contributed by atoms with E-state index in [1.54, 1.807) is 11.3 Å². The number of nitrogens with zero attached hydrogens (tertiary/aromatic N) is 2.